The second kappa shape index (κ2) is 5.62. The summed E-state index contributed by atoms with van der Waals surface area (Å²) in [7, 11) is 0. The minimum atomic E-state index is 0.141. The van der Waals surface area contributed by atoms with E-state index in [1.165, 1.54) is 0 Å². The summed E-state index contributed by atoms with van der Waals surface area (Å²) in [5.41, 5.74) is 11.7. The van der Waals surface area contributed by atoms with Crippen LogP contribution in [0.15, 0.2) is 35.4 Å². The van der Waals surface area contributed by atoms with Gasteiger partial charge in [0.25, 0.3) is 0 Å². The van der Waals surface area contributed by atoms with Gasteiger partial charge < -0.3 is 5.73 Å². The zero-order chi connectivity index (χ0) is 13.8. The van der Waals surface area contributed by atoms with Crippen molar-refractivity contribution in [1.82, 2.24) is 15.2 Å². The van der Waals surface area contributed by atoms with E-state index >= 15 is 0 Å². The number of aryl methyl sites for hydroxylation is 1. The number of hydrogen-bond donors (Lipinski definition) is 2. The van der Waals surface area contributed by atoms with Crippen LogP contribution in [0.25, 0.3) is 5.69 Å². The number of para-hydroxylation sites is 1. The molecule has 1 heterocycles. The molecule has 0 aliphatic carbocycles. The molecule has 2 rings (SSSR count). The van der Waals surface area contributed by atoms with Gasteiger partial charge in [0.05, 0.1) is 23.3 Å². The Morgan fingerprint density at radius 2 is 2.05 bits per heavy atom. The van der Waals surface area contributed by atoms with Crippen molar-refractivity contribution in [2.45, 2.75) is 13.8 Å². The second-order valence-corrected chi connectivity index (χ2v) is 4.51. The maximum absolute atomic E-state index is 5.31. The Bertz CT molecular complexity index is 615. The molecule has 3 N–H and O–H groups in total. The van der Waals surface area contributed by atoms with Gasteiger partial charge in [0.2, 0.25) is 0 Å². The highest BCUT2D eigenvalue weighted by Crippen LogP contribution is 2.15. The Kier molecular flexibility index (Phi) is 3.91. The minimum Gasteiger partial charge on any atom is -0.375 e. The zero-order valence-corrected chi connectivity index (χ0v) is 11.6. The van der Waals surface area contributed by atoms with E-state index in [2.05, 4.69) is 15.6 Å². The quantitative estimate of drug-likeness (QED) is 0.507. The topological polar surface area (TPSA) is 68.2 Å². The van der Waals surface area contributed by atoms with E-state index in [9.17, 15) is 0 Å². The van der Waals surface area contributed by atoms with Gasteiger partial charge in [-0.3, -0.25) is 5.43 Å². The molecular formula is C13H15N5S. The van der Waals surface area contributed by atoms with Crippen molar-refractivity contribution in [2.24, 2.45) is 10.8 Å². The van der Waals surface area contributed by atoms with Crippen molar-refractivity contribution < 1.29 is 0 Å². The fraction of sp³-hybridized carbons (Fsp3) is 0.154. The summed E-state index contributed by atoms with van der Waals surface area (Å²) >= 11 is 4.69. The van der Waals surface area contributed by atoms with Gasteiger partial charge in [-0.05, 0) is 38.2 Å². The molecule has 0 saturated carbocycles. The van der Waals surface area contributed by atoms with Crippen LogP contribution in [0.3, 0.4) is 0 Å². The van der Waals surface area contributed by atoms with Crippen molar-refractivity contribution in [2.75, 3.05) is 0 Å². The number of hydrogen-bond acceptors (Lipinski definition) is 3. The molecule has 0 saturated heterocycles. The van der Waals surface area contributed by atoms with Crippen molar-refractivity contribution in [3.63, 3.8) is 0 Å². The summed E-state index contributed by atoms with van der Waals surface area (Å²) in [6, 6.07) is 9.95. The molecule has 19 heavy (non-hydrogen) atoms. The van der Waals surface area contributed by atoms with Crippen molar-refractivity contribution in [1.29, 1.82) is 0 Å². The van der Waals surface area contributed by atoms with Crippen LogP contribution >= 0.6 is 12.2 Å². The third-order valence-corrected chi connectivity index (χ3v) is 2.81. The number of nitrogens with one attached hydrogen (secondary N) is 1. The van der Waals surface area contributed by atoms with Crippen LogP contribution in [0.2, 0.25) is 0 Å². The van der Waals surface area contributed by atoms with Crippen LogP contribution in [-0.2, 0) is 0 Å². The Labute approximate surface area is 117 Å². The maximum Gasteiger partial charge on any atom is 0.184 e. The second-order valence-electron chi connectivity index (χ2n) is 4.07. The fourth-order valence-corrected chi connectivity index (χ4v) is 1.88. The molecule has 0 fully saturated rings. The summed E-state index contributed by atoms with van der Waals surface area (Å²) in [4.78, 5) is 0. The van der Waals surface area contributed by atoms with Crippen LogP contribution in [0, 0.1) is 13.8 Å². The van der Waals surface area contributed by atoms with E-state index in [1.54, 1.807) is 6.21 Å². The van der Waals surface area contributed by atoms with E-state index < -0.39 is 0 Å². The van der Waals surface area contributed by atoms with E-state index in [1.807, 2.05) is 48.9 Å². The van der Waals surface area contributed by atoms with Crippen molar-refractivity contribution in [3.05, 3.63) is 47.3 Å². The molecule has 2 aromatic rings. The molecule has 0 amide bonds. The first-order valence-electron chi connectivity index (χ1n) is 5.79. The Hall–Kier alpha value is -2.21. The first-order chi connectivity index (χ1) is 9.09. The van der Waals surface area contributed by atoms with Crippen molar-refractivity contribution >= 4 is 23.5 Å². The predicted octanol–water partition coefficient (Wildman–Crippen LogP) is 1.66. The van der Waals surface area contributed by atoms with E-state index in [-0.39, 0.29) is 5.11 Å². The highest BCUT2D eigenvalue weighted by Gasteiger charge is 2.10. The van der Waals surface area contributed by atoms with Gasteiger partial charge >= 0.3 is 0 Å². The summed E-state index contributed by atoms with van der Waals surface area (Å²) in [6.07, 6.45) is 1.68. The average molecular weight is 273 g/mol. The molecule has 0 atom stereocenters. The molecule has 0 unspecified atom stereocenters. The minimum absolute atomic E-state index is 0.141. The Morgan fingerprint density at radius 3 is 2.68 bits per heavy atom. The van der Waals surface area contributed by atoms with E-state index in [4.69, 9.17) is 18.0 Å². The highest BCUT2D eigenvalue weighted by atomic mass is 32.1. The van der Waals surface area contributed by atoms with Gasteiger partial charge in [-0.2, -0.15) is 10.2 Å². The fourth-order valence-electron chi connectivity index (χ4n) is 1.82. The Balaban J connectivity index is 2.35. The summed E-state index contributed by atoms with van der Waals surface area (Å²) in [6.45, 7) is 3.93. The molecule has 98 valence electrons. The molecule has 0 bridgehead atoms. The molecule has 5 nitrogen and oxygen atoms in total. The standard InChI is InChI=1S/C13H15N5S/c1-9-12(8-15-16-13(14)19)10(2)18(17-9)11-6-4-3-5-7-11/h3-8H,1-2H3,(H3,14,16,19)/b15-8-. The maximum atomic E-state index is 5.31. The molecule has 1 aromatic carbocycles. The lowest BCUT2D eigenvalue weighted by Crippen LogP contribution is -2.24. The molecule has 0 aliphatic rings. The predicted molar refractivity (Wildman–Crippen MR) is 80.6 cm³/mol. The Morgan fingerprint density at radius 1 is 1.37 bits per heavy atom. The van der Waals surface area contributed by atoms with Crippen LogP contribution in [0.5, 0.6) is 0 Å². The van der Waals surface area contributed by atoms with Gasteiger partial charge in [0, 0.05) is 5.56 Å². The largest absolute Gasteiger partial charge is 0.375 e. The number of nitrogens with zero attached hydrogens (tertiary/aromatic N) is 3. The molecule has 0 radical (unpaired) electrons. The van der Waals surface area contributed by atoms with Gasteiger partial charge in [0.15, 0.2) is 5.11 Å². The van der Waals surface area contributed by atoms with Gasteiger partial charge in [-0.1, -0.05) is 18.2 Å². The van der Waals surface area contributed by atoms with E-state index in [0.717, 1.165) is 22.6 Å². The highest BCUT2D eigenvalue weighted by molar-refractivity contribution is 7.80. The van der Waals surface area contributed by atoms with Crippen molar-refractivity contribution in [3.8, 4) is 5.69 Å². The average Bonchev–Trinajstić information content (AvgIpc) is 2.67. The van der Waals surface area contributed by atoms with Crippen LogP contribution in [0.4, 0.5) is 0 Å². The summed E-state index contributed by atoms with van der Waals surface area (Å²) < 4.78 is 1.89. The molecule has 0 spiro atoms. The molecular weight excluding hydrogens is 258 g/mol. The lowest BCUT2D eigenvalue weighted by atomic mass is 10.2. The number of nitrogens with two attached hydrogens (primary N) is 1. The monoisotopic (exact) mass is 273 g/mol. The SMILES string of the molecule is Cc1nn(-c2ccccc2)c(C)c1/C=N\NC(N)=S. The lowest BCUT2D eigenvalue weighted by molar-refractivity contribution is 0.833. The van der Waals surface area contributed by atoms with E-state index in [0.29, 0.717) is 0 Å². The van der Waals surface area contributed by atoms with Crippen LogP contribution in [0.1, 0.15) is 17.0 Å². The third kappa shape index (κ3) is 2.97. The van der Waals surface area contributed by atoms with Crippen LogP contribution in [-0.4, -0.2) is 21.1 Å². The normalized spacial score (nSPS) is 10.8. The van der Waals surface area contributed by atoms with Gasteiger partial charge in [-0.15, -0.1) is 0 Å². The zero-order valence-electron chi connectivity index (χ0n) is 10.8. The molecule has 6 heteroatoms. The number of benzene rings is 1. The third-order valence-electron chi connectivity index (χ3n) is 2.72. The van der Waals surface area contributed by atoms with Gasteiger partial charge in [0.1, 0.15) is 0 Å². The molecule has 0 aliphatic heterocycles. The number of aromatic nitrogens is 2. The summed E-state index contributed by atoms with van der Waals surface area (Å²) in [5, 5.41) is 8.63. The van der Waals surface area contributed by atoms with Gasteiger partial charge in [-0.25, -0.2) is 4.68 Å². The smallest absolute Gasteiger partial charge is 0.184 e. The number of hydrazone groups is 1. The number of thiocarbonyl (C=S) groups is 1. The number of rotatable bonds is 3. The lowest BCUT2D eigenvalue weighted by Gasteiger charge is -2.03. The molecule has 1 aromatic heterocycles. The van der Waals surface area contributed by atoms with Crippen LogP contribution < -0.4 is 11.2 Å². The first kappa shape index (κ1) is 13.2. The summed E-state index contributed by atoms with van der Waals surface area (Å²) in [5.74, 6) is 0. The first-order valence-corrected chi connectivity index (χ1v) is 6.20.